The van der Waals surface area contributed by atoms with Crippen molar-refractivity contribution in [2.24, 2.45) is 0 Å². The maximum Gasteiger partial charge on any atom is 0.258 e. The lowest BCUT2D eigenvalue weighted by Crippen LogP contribution is -2.29. The fourth-order valence-corrected chi connectivity index (χ4v) is 3.22. The molecule has 4 rings (SSSR count). The summed E-state index contributed by atoms with van der Waals surface area (Å²) in [5.41, 5.74) is 3.84. The summed E-state index contributed by atoms with van der Waals surface area (Å²) >= 11 is 0. The minimum atomic E-state index is -0.229. The van der Waals surface area contributed by atoms with Gasteiger partial charge in [0.05, 0.1) is 0 Å². The van der Waals surface area contributed by atoms with Crippen LogP contribution in [0, 0.1) is 0 Å². The maximum atomic E-state index is 12.9. The minimum Gasteiger partial charge on any atom is -0.322 e. The van der Waals surface area contributed by atoms with Crippen LogP contribution in [0.5, 0.6) is 0 Å². The molecule has 26 heavy (non-hydrogen) atoms. The molecule has 0 aliphatic carbocycles. The van der Waals surface area contributed by atoms with Gasteiger partial charge in [-0.3, -0.25) is 9.59 Å². The van der Waals surface area contributed by atoms with E-state index in [2.05, 4.69) is 5.32 Å². The number of rotatable bonds is 3. The summed E-state index contributed by atoms with van der Waals surface area (Å²) in [5, 5.41) is 2.85. The highest BCUT2D eigenvalue weighted by atomic mass is 16.2. The highest BCUT2D eigenvalue weighted by Crippen LogP contribution is 2.29. The van der Waals surface area contributed by atoms with E-state index in [-0.39, 0.29) is 11.8 Å². The van der Waals surface area contributed by atoms with Crippen molar-refractivity contribution in [2.75, 3.05) is 16.8 Å². The Bertz CT molecular complexity index is 967. The molecule has 0 spiro atoms. The van der Waals surface area contributed by atoms with Crippen molar-refractivity contribution < 1.29 is 9.59 Å². The van der Waals surface area contributed by atoms with Crippen molar-refractivity contribution in [1.29, 1.82) is 0 Å². The molecular weight excluding hydrogens is 324 g/mol. The van der Waals surface area contributed by atoms with Crippen molar-refractivity contribution in [3.63, 3.8) is 0 Å². The largest absolute Gasteiger partial charge is 0.322 e. The summed E-state index contributed by atoms with van der Waals surface area (Å²) in [6, 6.07) is 24.1. The number of nitrogens with zero attached hydrogens (tertiary/aromatic N) is 1. The maximum absolute atomic E-state index is 12.9. The van der Waals surface area contributed by atoms with Gasteiger partial charge in [0.25, 0.3) is 11.8 Å². The number of fused-ring (bicyclic) bond motifs is 1. The zero-order valence-electron chi connectivity index (χ0n) is 14.2. The van der Waals surface area contributed by atoms with E-state index in [0.717, 1.165) is 17.8 Å². The second-order valence-electron chi connectivity index (χ2n) is 6.24. The van der Waals surface area contributed by atoms with Gasteiger partial charge in [-0.2, -0.15) is 0 Å². The lowest BCUT2D eigenvalue weighted by molar-refractivity contribution is 0.0989. The van der Waals surface area contributed by atoms with Gasteiger partial charge >= 0.3 is 0 Å². The lowest BCUT2D eigenvalue weighted by Gasteiger charge is -2.17. The van der Waals surface area contributed by atoms with E-state index in [1.807, 2.05) is 54.6 Å². The fraction of sp³-hybridized carbons (Fsp3) is 0.0909. The third-order valence-corrected chi connectivity index (χ3v) is 4.54. The predicted octanol–water partition coefficient (Wildman–Crippen LogP) is 4.14. The summed E-state index contributed by atoms with van der Waals surface area (Å²) in [5.74, 6) is -0.308. The Morgan fingerprint density at radius 1 is 0.808 bits per heavy atom. The van der Waals surface area contributed by atoms with Crippen molar-refractivity contribution in [3.05, 3.63) is 95.6 Å². The number of amides is 2. The molecule has 0 aromatic heterocycles. The summed E-state index contributed by atoms with van der Waals surface area (Å²) < 4.78 is 0. The number of carbonyl (C=O) groups excluding carboxylic acids is 2. The second kappa shape index (κ2) is 6.84. The lowest BCUT2D eigenvalue weighted by atomic mass is 10.1. The molecule has 1 aliphatic heterocycles. The van der Waals surface area contributed by atoms with Gasteiger partial charge in [-0.1, -0.05) is 42.5 Å². The first-order valence-corrected chi connectivity index (χ1v) is 8.58. The van der Waals surface area contributed by atoms with Gasteiger partial charge in [0.15, 0.2) is 0 Å². The Morgan fingerprint density at radius 3 is 2.38 bits per heavy atom. The van der Waals surface area contributed by atoms with Crippen LogP contribution in [0.2, 0.25) is 0 Å². The van der Waals surface area contributed by atoms with Crippen molar-refractivity contribution in [1.82, 2.24) is 0 Å². The van der Waals surface area contributed by atoms with Gasteiger partial charge < -0.3 is 10.2 Å². The van der Waals surface area contributed by atoms with E-state index < -0.39 is 0 Å². The van der Waals surface area contributed by atoms with Crippen LogP contribution in [0.15, 0.2) is 78.9 Å². The molecule has 3 aromatic carbocycles. The fourth-order valence-electron chi connectivity index (χ4n) is 3.22. The molecule has 4 nitrogen and oxygen atoms in total. The van der Waals surface area contributed by atoms with E-state index in [1.165, 1.54) is 5.56 Å². The van der Waals surface area contributed by atoms with Crippen LogP contribution >= 0.6 is 0 Å². The van der Waals surface area contributed by atoms with Crippen molar-refractivity contribution >= 4 is 23.2 Å². The van der Waals surface area contributed by atoms with Crippen LogP contribution < -0.4 is 10.2 Å². The van der Waals surface area contributed by atoms with Crippen LogP contribution in [0.3, 0.4) is 0 Å². The monoisotopic (exact) mass is 342 g/mol. The second-order valence-corrected chi connectivity index (χ2v) is 6.24. The first kappa shape index (κ1) is 16.1. The van der Waals surface area contributed by atoms with Crippen LogP contribution in [0.4, 0.5) is 11.4 Å². The van der Waals surface area contributed by atoms with E-state index in [4.69, 9.17) is 0 Å². The molecular formula is C22H18N2O2. The summed E-state index contributed by atoms with van der Waals surface area (Å²) in [6.45, 7) is 0.665. The number of hydrogen-bond acceptors (Lipinski definition) is 2. The normalized spacial score (nSPS) is 12.5. The van der Waals surface area contributed by atoms with Gasteiger partial charge in [0.1, 0.15) is 0 Å². The number of carbonyl (C=O) groups is 2. The summed E-state index contributed by atoms with van der Waals surface area (Å²) in [6.07, 6.45) is 0.857. The molecule has 0 saturated heterocycles. The molecule has 0 fully saturated rings. The van der Waals surface area contributed by atoms with E-state index in [1.54, 1.807) is 29.2 Å². The minimum absolute atomic E-state index is 0.0793. The quantitative estimate of drug-likeness (QED) is 0.778. The molecule has 0 saturated carbocycles. The number of benzene rings is 3. The van der Waals surface area contributed by atoms with Crippen LogP contribution in [-0.2, 0) is 6.42 Å². The number of nitrogens with one attached hydrogen (secondary N) is 1. The molecule has 2 amide bonds. The van der Waals surface area contributed by atoms with Gasteiger partial charge in [0.2, 0.25) is 0 Å². The Hall–Kier alpha value is -3.40. The highest BCUT2D eigenvalue weighted by molar-refractivity contribution is 6.10. The molecule has 0 radical (unpaired) electrons. The van der Waals surface area contributed by atoms with E-state index in [9.17, 15) is 9.59 Å². The van der Waals surface area contributed by atoms with E-state index in [0.29, 0.717) is 17.7 Å². The predicted molar refractivity (Wildman–Crippen MR) is 103 cm³/mol. The number of anilines is 2. The topological polar surface area (TPSA) is 49.4 Å². The molecule has 1 heterocycles. The van der Waals surface area contributed by atoms with Gasteiger partial charge in [-0.25, -0.2) is 0 Å². The first-order chi connectivity index (χ1) is 12.7. The number of hydrogen-bond donors (Lipinski definition) is 1. The van der Waals surface area contributed by atoms with Crippen LogP contribution in [0.1, 0.15) is 26.3 Å². The van der Waals surface area contributed by atoms with E-state index >= 15 is 0 Å². The Morgan fingerprint density at radius 2 is 1.54 bits per heavy atom. The molecule has 128 valence electrons. The first-order valence-electron chi connectivity index (χ1n) is 8.58. The standard InChI is InChI=1S/C22H18N2O2/c25-21(23-19-10-2-1-3-11-19)17-8-6-9-18(15-17)22(26)24-14-13-16-7-4-5-12-20(16)24/h1-12,15H,13-14H2,(H,23,25). The van der Waals surface area contributed by atoms with Crippen LogP contribution in [0.25, 0.3) is 0 Å². The molecule has 1 aliphatic rings. The van der Waals surface area contributed by atoms with Gasteiger partial charge in [-0.15, -0.1) is 0 Å². The Labute approximate surface area is 152 Å². The summed E-state index contributed by atoms with van der Waals surface area (Å²) in [7, 11) is 0. The average molecular weight is 342 g/mol. The molecule has 0 atom stereocenters. The SMILES string of the molecule is O=C(Nc1ccccc1)c1cccc(C(=O)N2CCc3ccccc32)c1. The van der Waals surface area contributed by atoms with Gasteiger partial charge in [0, 0.05) is 29.0 Å². The van der Waals surface area contributed by atoms with Gasteiger partial charge in [-0.05, 0) is 48.4 Å². The van der Waals surface area contributed by atoms with Crippen molar-refractivity contribution in [3.8, 4) is 0 Å². The zero-order valence-corrected chi connectivity index (χ0v) is 14.2. The zero-order chi connectivity index (χ0) is 17.9. The molecule has 0 unspecified atom stereocenters. The molecule has 3 aromatic rings. The highest BCUT2D eigenvalue weighted by Gasteiger charge is 2.25. The molecule has 0 bridgehead atoms. The number of para-hydroxylation sites is 2. The third kappa shape index (κ3) is 3.09. The third-order valence-electron chi connectivity index (χ3n) is 4.54. The van der Waals surface area contributed by atoms with Crippen LogP contribution in [-0.4, -0.2) is 18.4 Å². The Balaban J connectivity index is 1.56. The molecule has 1 N–H and O–H groups in total. The molecule has 4 heteroatoms. The van der Waals surface area contributed by atoms with Crippen molar-refractivity contribution in [2.45, 2.75) is 6.42 Å². The average Bonchev–Trinajstić information content (AvgIpc) is 3.12. The summed E-state index contributed by atoms with van der Waals surface area (Å²) in [4.78, 5) is 27.2. The Kier molecular flexibility index (Phi) is 4.23. The smallest absolute Gasteiger partial charge is 0.258 e.